The lowest BCUT2D eigenvalue weighted by molar-refractivity contribution is 0.296. The first kappa shape index (κ1) is 28.0. The highest BCUT2D eigenvalue weighted by Crippen LogP contribution is 2.60. The maximum absolute atomic E-state index is 13.3. The average Bonchev–Trinajstić information content (AvgIpc) is 2.82. The zero-order valence-corrected chi connectivity index (χ0v) is 23.4. The lowest BCUT2D eigenvalue weighted by Gasteiger charge is -2.18. The van der Waals surface area contributed by atoms with Gasteiger partial charge in [0, 0.05) is 22.6 Å². The highest BCUT2D eigenvalue weighted by atomic mass is 32.7. The fourth-order valence-corrected chi connectivity index (χ4v) is 8.60. The maximum Gasteiger partial charge on any atom is 0.440 e. The second-order valence-corrected chi connectivity index (χ2v) is 14.8. The van der Waals surface area contributed by atoms with Crippen LogP contribution in [0.15, 0.2) is 47.4 Å². The molecule has 0 radical (unpaired) electrons. The molecule has 3 aromatic rings. The molecule has 35 heavy (non-hydrogen) atoms. The van der Waals surface area contributed by atoms with Gasteiger partial charge in [0.2, 0.25) is 0 Å². The Labute approximate surface area is 213 Å². The van der Waals surface area contributed by atoms with Crippen molar-refractivity contribution in [2.24, 2.45) is 0 Å². The van der Waals surface area contributed by atoms with E-state index < -0.39 is 16.6 Å². The molecule has 0 spiro atoms. The van der Waals surface area contributed by atoms with Gasteiger partial charge >= 0.3 is 6.80 Å². The highest BCUT2D eigenvalue weighted by molar-refractivity contribution is 8.55. The third-order valence-corrected chi connectivity index (χ3v) is 11.3. The fourth-order valence-electron chi connectivity index (χ4n) is 3.77. The van der Waals surface area contributed by atoms with E-state index in [2.05, 4.69) is 13.8 Å². The number of nitrogens with zero attached hydrogens (tertiary/aromatic N) is 1. The first-order valence-electron chi connectivity index (χ1n) is 12.5. The van der Waals surface area contributed by atoms with Crippen LogP contribution in [0.5, 0.6) is 5.75 Å². The highest BCUT2D eigenvalue weighted by Gasteiger charge is 2.27. The van der Waals surface area contributed by atoms with E-state index in [0.29, 0.717) is 40.5 Å². The molecular weight excluding hydrogens is 501 g/mol. The number of aromatic nitrogens is 1. The quantitative estimate of drug-likeness (QED) is 0.110. The lowest BCUT2D eigenvalue weighted by Crippen LogP contribution is -2.06. The standard InChI is InChI=1S/C26H36NO5PS2/c1-4-7-9-10-16-34-33(28,31-6-3)32-23-14-12-21-18-22-13-15-24(20-26(22)27-25(21)19-23)35(29,30)17-11-8-5-2/h12-15,18-20H,4-11,16-17H2,1-3H3. The van der Waals surface area contributed by atoms with Crippen LogP contribution in [0.25, 0.3) is 21.8 Å². The molecule has 1 heterocycles. The summed E-state index contributed by atoms with van der Waals surface area (Å²) in [5, 5.41) is 1.75. The number of hydrogen-bond donors (Lipinski definition) is 0. The predicted molar refractivity (Wildman–Crippen MR) is 147 cm³/mol. The fraction of sp³-hybridized carbons (Fsp3) is 0.500. The van der Waals surface area contributed by atoms with Gasteiger partial charge in [-0.25, -0.2) is 18.0 Å². The van der Waals surface area contributed by atoms with Gasteiger partial charge in [0.15, 0.2) is 9.84 Å². The summed E-state index contributed by atoms with van der Waals surface area (Å²) in [6.07, 6.45) is 6.88. The van der Waals surface area contributed by atoms with Crippen molar-refractivity contribution in [3.05, 3.63) is 42.5 Å². The number of rotatable bonds is 15. The molecule has 0 aliphatic carbocycles. The molecule has 192 valence electrons. The predicted octanol–water partition coefficient (Wildman–Crippen LogP) is 8.19. The summed E-state index contributed by atoms with van der Waals surface area (Å²) < 4.78 is 50.1. The first-order valence-corrected chi connectivity index (χ1v) is 17.2. The Hall–Kier alpha value is -1.60. The second-order valence-electron chi connectivity index (χ2n) is 8.57. The van der Waals surface area contributed by atoms with Gasteiger partial charge in [0.05, 0.1) is 28.3 Å². The molecule has 0 saturated carbocycles. The van der Waals surface area contributed by atoms with Crippen molar-refractivity contribution in [3.63, 3.8) is 0 Å². The van der Waals surface area contributed by atoms with E-state index >= 15 is 0 Å². The van der Waals surface area contributed by atoms with E-state index in [1.807, 2.05) is 12.1 Å². The summed E-state index contributed by atoms with van der Waals surface area (Å²) in [4.78, 5) is 4.99. The Bertz CT molecular complexity index is 1280. The van der Waals surface area contributed by atoms with Crippen molar-refractivity contribution in [2.45, 2.75) is 70.6 Å². The van der Waals surface area contributed by atoms with Crippen molar-refractivity contribution in [3.8, 4) is 5.75 Å². The van der Waals surface area contributed by atoms with Crippen LogP contribution in [0.1, 0.15) is 65.7 Å². The van der Waals surface area contributed by atoms with Gasteiger partial charge in [-0.15, -0.1) is 0 Å². The second kappa shape index (κ2) is 13.1. The lowest BCUT2D eigenvalue weighted by atomic mass is 10.1. The Balaban J connectivity index is 1.84. The Morgan fingerprint density at radius 3 is 2.26 bits per heavy atom. The summed E-state index contributed by atoms with van der Waals surface area (Å²) in [7, 11) is -3.35. The van der Waals surface area contributed by atoms with Crippen LogP contribution in [0.2, 0.25) is 0 Å². The topological polar surface area (TPSA) is 82.6 Å². The minimum Gasteiger partial charge on any atom is -0.417 e. The van der Waals surface area contributed by atoms with Crippen LogP contribution in [0.3, 0.4) is 0 Å². The molecule has 1 unspecified atom stereocenters. The Kier molecular flexibility index (Phi) is 10.5. The molecular formula is C26H36NO5PS2. The van der Waals surface area contributed by atoms with E-state index in [1.54, 1.807) is 37.3 Å². The van der Waals surface area contributed by atoms with Crippen LogP contribution >= 0.6 is 18.2 Å². The molecule has 0 bridgehead atoms. The van der Waals surface area contributed by atoms with Gasteiger partial charge in [-0.1, -0.05) is 52.0 Å². The maximum atomic E-state index is 13.3. The van der Waals surface area contributed by atoms with Gasteiger partial charge in [0.1, 0.15) is 5.75 Å². The molecule has 0 aliphatic heterocycles. The largest absolute Gasteiger partial charge is 0.440 e. The molecule has 1 aromatic heterocycles. The minimum absolute atomic E-state index is 0.140. The molecule has 0 aliphatic rings. The summed E-state index contributed by atoms with van der Waals surface area (Å²) in [6, 6.07) is 12.4. The van der Waals surface area contributed by atoms with Gasteiger partial charge in [-0.05, 0) is 61.5 Å². The number of hydrogen-bond acceptors (Lipinski definition) is 7. The van der Waals surface area contributed by atoms with Crippen molar-refractivity contribution >= 4 is 49.8 Å². The third kappa shape index (κ3) is 7.94. The van der Waals surface area contributed by atoms with Gasteiger partial charge in [-0.2, -0.15) is 0 Å². The zero-order valence-electron chi connectivity index (χ0n) is 20.9. The summed E-state index contributed by atoms with van der Waals surface area (Å²) in [5.74, 6) is 1.27. The van der Waals surface area contributed by atoms with Crippen molar-refractivity contribution in [2.75, 3.05) is 18.1 Å². The van der Waals surface area contributed by atoms with Crippen LogP contribution in [-0.4, -0.2) is 31.5 Å². The number of unbranched alkanes of at least 4 members (excludes halogenated alkanes) is 5. The summed E-state index contributed by atoms with van der Waals surface area (Å²) in [6.45, 7) is 2.96. The molecule has 1 atom stereocenters. The normalized spacial score (nSPS) is 13.8. The monoisotopic (exact) mass is 537 g/mol. The van der Waals surface area contributed by atoms with Gasteiger partial charge in [-0.3, -0.25) is 4.52 Å². The molecule has 0 amide bonds. The molecule has 6 nitrogen and oxygen atoms in total. The molecule has 3 rings (SSSR count). The zero-order chi connectivity index (χ0) is 25.3. The number of fused-ring (bicyclic) bond motifs is 2. The molecule has 0 saturated heterocycles. The number of pyridine rings is 1. The van der Waals surface area contributed by atoms with E-state index in [9.17, 15) is 13.0 Å². The van der Waals surface area contributed by atoms with E-state index in [1.165, 1.54) is 11.4 Å². The average molecular weight is 538 g/mol. The van der Waals surface area contributed by atoms with Crippen LogP contribution in [0, 0.1) is 0 Å². The Morgan fingerprint density at radius 2 is 1.54 bits per heavy atom. The van der Waals surface area contributed by atoms with Crippen LogP contribution < -0.4 is 4.52 Å². The van der Waals surface area contributed by atoms with Crippen molar-refractivity contribution in [1.29, 1.82) is 0 Å². The van der Waals surface area contributed by atoms with E-state index in [4.69, 9.17) is 14.0 Å². The van der Waals surface area contributed by atoms with E-state index in [0.717, 1.165) is 49.3 Å². The Morgan fingerprint density at radius 1 is 0.857 bits per heavy atom. The van der Waals surface area contributed by atoms with Gasteiger partial charge < -0.3 is 4.52 Å². The molecule has 0 fully saturated rings. The summed E-state index contributed by atoms with van der Waals surface area (Å²) >= 11 is 1.24. The number of sulfone groups is 1. The SMILES string of the molecule is CCCCCCSP(=O)(OCC)Oc1ccc2cc3ccc(S(=O)(=O)CCCCC)cc3nc2c1. The van der Waals surface area contributed by atoms with Crippen molar-refractivity contribution in [1.82, 2.24) is 4.98 Å². The van der Waals surface area contributed by atoms with Gasteiger partial charge in [0.25, 0.3) is 0 Å². The van der Waals surface area contributed by atoms with Crippen molar-refractivity contribution < 1.29 is 22.0 Å². The molecule has 0 N–H and O–H groups in total. The van der Waals surface area contributed by atoms with Crippen LogP contribution in [-0.2, 0) is 18.9 Å². The first-order chi connectivity index (χ1) is 16.8. The molecule has 9 heteroatoms. The smallest absolute Gasteiger partial charge is 0.417 e. The minimum atomic E-state index is -3.35. The molecule has 2 aromatic carbocycles. The van der Waals surface area contributed by atoms with Crippen LogP contribution in [0.4, 0.5) is 0 Å². The summed E-state index contributed by atoms with van der Waals surface area (Å²) in [5.41, 5.74) is 1.25. The third-order valence-electron chi connectivity index (χ3n) is 5.68. The number of benzene rings is 2. The van der Waals surface area contributed by atoms with E-state index in [-0.39, 0.29) is 5.75 Å².